The molecule has 0 fully saturated rings. The third kappa shape index (κ3) is 3.27. The van der Waals surface area contributed by atoms with Gasteiger partial charge in [-0.15, -0.1) is 0 Å². The number of pyridine rings is 1. The zero-order valence-electron chi connectivity index (χ0n) is 10.6. The predicted octanol–water partition coefficient (Wildman–Crippen LogP) is 3.69. The van der Waals surface area contributed by atoms with Gasteiger partial charge in [-0.05, 0) is 36.2 Å². The number of benzene rings is 1. The number of rotatable bonds is 3. The molecule has 0 atom stereocenters. The Hall–Kier alpha value is -2.08. The summed E-state index contributed by atoms with van der Waals surface area (Å²) in [7, 11) is 0. The third-order valence-corrected chi connectivity index (χ3v) is 2.77. The molecule has 0 saturated heterocycles. The topological polar surface area (TPSA) is 42.4 Å². The molecule has 0 aliphatic heterocycles. The number of alkyl halides is 3. The second-order valence-corrected chi connectivity index (χ2v) is 4.23. The normalized spacial score (nSPS) is 11.4. The highest BCUT2D eigenvalue weighted by Crippen LogP contribution is 2.30. The van der Waals surface area contributed by atoms with Crippen LogP contribution in [0, 0.1) is 6.92 Å². The van der Waals surface area contributed by atoms with Crippen molar-refractivity contribution in [2.75, 3.05) is 0 Å². The number of hydrogen-bond acceptors (Lipinski definition) is 3. The van der Waals surface area contributed by atoms with Crippen LogP contribution in [-0.4, -0.2) is 10.1 Å². The van der Waals surface area contributed by atoms with Crippen LogP contribution >= 0.6 is 0 Å². The second-order valence-electron chi connectivity index (χ2n) is 4.23. The lowest BCUT2D eigenvalue weighted by molar-refractivity contribution is -0.137. The fourth-order valence-electron chi connectivity index (χ4n) is 1.64. The van der Waals surface area contributed by atoms with Crippen LogP contribution in [0.2, 0.25) is 0 Å². The molecule has 0 amide bonds. The number of nitrogens with zero attached hydrogens (tertiary/aromatic N) is 1. The molecule has 1 heterocycles. The van der Waals surface area contributed by atoms with E-state index in [0.29, 0.717) is 5.75 Å². The molecule has 1 aromatic heterocycles. The first-order valence-corrected chi connectivity index (χ1v) is 5.81. The summed E-state index contributed by atoms with van der Waals surface area (Å²) in [6.07, 6.45) is -3.69. The first-order valence-electron chi connectivity index (χ1n) is 5.81. The maximum Gasteiger partial charge on any atom is 0.417 e. The van der Waals surface area contributed by atoms with Crippen LogP contribution in [0.1, 0.15) is 16.7 Å². The zero-order valence-corrected chi connectivity index (χ0v) is 10.6. The van der Waals surface area contributed by atoms with E-state index in [1.807, 2.05) is 0 Å². The molecule has 1 aromatic carbocycles. The lowest BCUT2D eigenvalue weighted by Crippen LogP contribution is -2.05. The van der Waals surface area contributed by atoms with Gasteiger partial charge in [-0.2, -0.15) is 13.2 Å². The Kier molecular flexibility index (Phi) is 3.94. The monoisotopic (exact) mass is 283 g/mol. The molecule has 1 N–H and O–H groups in total. The Morgan fingerprint density at radius 2 is 1.95 bits per heavy atom. The zero-order chi connectivity index (χ0) is 14.8. The molecular formula is C14H12F3NO2. The van der Waals surface area contributed by atoms with Crippen molar-refractivity contribution >= 4 is 0 Å². The van der Waals surface area contributed by atoms with Gasteiger partial charge in [-0.25, -0.2) is 4.98 Å². The maximum atomic E-state index is 12.4. The molecule has 2 aromatic rings. The fraction of sp³-hybridized carbons (Fsp3) is 0.214. The molecule has 2 rings (SSSR count). The molecule has 0 saturated carbocycles. The number of ether oxygens (including phenoxy) is 1. The molecule has 3 nitrogen and oxygen atoms in total. The van der Waals surface area contributed by atoms with E-state index in [1.165, 1.54) is 0 Å². The second kappa shape index (κ2) is 5.50. The lowest BCUT2D eigenvalue weighted by Gasteiger charge is -2.09. The van der Waals surface area contributed by atoms with Crippen LogP contribution in [0.25, 0.3) is 0 Å². The highest BCUT2D eigenvalue weighted by molar-refractivity contribution is 5.36. The Labute approximate surface area is 113 Å². The highest BCUT2D eigenvalue weighted by atomic mass is 19.4. The van der Waals surface area contributed by atoms with Gasteiger partial charge in [0.15, 0.2) is 0 Å². The van der Waals surface area contributed by atoms with E-state index >= 15 is 0 Å². The summed E-state index contributed by atoms with van der Waals surface area (Å²) in [5.41, 5.74) is 0.770. The number of aliphatic hydroxyl groups is 1. The van der Waals surface area contributed by atoms with Gasteiger partial charge in [0.2, 0.25) is 5.88 Å². The van der Waals surface area contributed by atoms with Gasteiger partial charge >= 0.3 is 6.18 Å². The summed E-state index contributed by atoms with van der Waals surface area (Å²) in [5, 5.41) is 9.05. The molecule has 0 spiro atoms. The van der Waals surface area contributed by atoms with Gasteiger partial charge in [0.25, 0.3) is 0 Å². The minimum Gasteiger partial charge on any atom is -0.439 e. The summed E-state index contributed by atoms with van der Waals surface area (Å²) < 4.78 is 42.5. The molecule has 0 radical (unpaired) electrons. The van der Waals surface area contributed by atoms with E-state index in [-0.39, 0.29) is 12.5 Å². The van der Waals surface area contributed by atoms with Crippen molar-refractivity contribution in [3.63, 3.8) is 0 Å². The van der Waals surface area contributed by atoms with E-state index in [0.717, 1.165) is 29.5 Å². The van der Waals surface area contributed by atoms with Crippen LogP contribution in [0.4, 0.5) is 13.2 Å². The van der Waals surface area contributed by atoms with Gasteiger partial charge in [-0.1, -0.05) is 6.07 Å². The quantitative estimate of drug-likeness (QED) is 0.934. The first kappa shape index (κ1) is 14.3. The van der Waals surface area contributed by atoms with E-state index in [1.54, 1.807) is 25.1 Å². The standard InChI is InChI=1S/C14H12F3NO2/c1-9-6-12(4-2-10(9)8-19)20-13-5-3-11(7-18-13)14(15,16)17/h2-7,19H,8H2,1H3. The largest absolute Gasteiger partial charge is 0.439 e. The van der Waals surface area contributed by atoms with Crippen molar-refractivity contribution in [3.05, 3.63) is 53.2 Å². The van der Waals surface area contributed by atoms with Gasteiger partial charge in [0, 0.05) is 12.3 Å². The smallest absolute Gasteiger partial charge is 0.417 e. The number of aliphatic hydroxyl groups excluding tert-OH is 1. The summed E-state index contributed by atoms with van der Waals surface area (Å²) in [5.74, 6) is 0.529. The first-order chi connectivity index (χ1) is 9.40. The highest BCUT2D eigenvalue weighted by Gasteiger charge is 2.30. The maximum absolute atomic E-state index is 12.4. The van der Waals surface area contributed by atoms with Gasteiger partial charge in [0.1, 0.15) is 5.75 Å². The van der Waals surface area contributed by atoms with Gasteiger partial charge in [0.05, 0.1) is 12.2 Å². The Morgan fingerprint density at radius 1 is 1.20 bits per heavy atom. The molecule has 0 aliphatic rings. The average Bonchev–Trinajstić information content (AvgIpc) is 2.38. The van der Waals surface area contributed by atoms with Crippen molar-refractivity contribution in [1.29, 1.82) is 0 Å². The third-order valence-electron chi connectivity index (χ3n) is 2.77. The van der Waals surface area contributed by atoms with Crippen molar-refractivity contribution in [1.82, 2.24) is 4.98 Å². The van der Waals surface area contributed by atoms with Gasteiger partial charge in [-0.3, -0.25) is 0 Å². The summed E-state index contributed by atoms with van der Waals surface area (Å²) in [6.45, 7) is 1.73. The van der Waals surface area contributed by atoms with E-state index in [9.17, 15) is 13.2 Å². The number of aromatic nitrogens is 1. The van der Waals surface area contributed by atoms with Crippen LogP contribution in [-0.2, 0) is 12.8 Å². The summed E-state index contributed by atoms with van der Waals surface area (Å²) >= 11 is 0. The predicted molar refractivity (Wildman–Crippen MR) is 66.4 cm³/mol. The van der Waals surface area contributed by atoms with Gasteiger partial charge < -0.3 is 9.84 Å². The molecular weight excluding hydrogens is 271 g/mol. The molecule has 6 heteroatoms. The van der Waals surface area contributed by atoms with Crippen molar-refractivity contribution in [2.24, 2.45) is 0 Å². The van der Waals surface area contributed by atoms with Crippen molar-refractivity contribution in [2.45, 2.75) is 19.7 Å². The molecule has 0 aliphatic carbocycles. The number of hydrogen-bond donors (Lipinski definition) is 1. The van der Waals surface area contributed by atoms with Crippen molar-refractivity contribution in [3.8, 4) is 11.6 Å². The molecule has 20 heavy (non-hydrogen) atoms. The molecule has 0 bridgehead atoms. The van der Waals surface area contributed by atoms with Crippen LogP contribution in [0.15, 0.2) is 36.5 Å². The van der Waals surface area contributed by atoms with Crippen LogP contribution < -0.4 is 4.74 Å². The van der Waals surface area contributed by atoms with Crippen LogP contribution in [0.5, 0.6) is 11.6 Å². The Balaban J connectivity index is 2.16. The van der Waals surface area contributed by atoms with Crippen LogP contribution in [0.3, 0.4) is 0 Å². The fourth-order valence-corrected chi connectivity index (χ4v) is 1.64. The summed E-state index contributed by atoms with van der Waals surface area (Å²) in [4.78, 5) is 3.62. The SMILES string of the molecule is Cc1cc(Oc2ccc(C(F)(F)F)cn2)ccc1CO. The Morgan fingerprint density at radius 3 is 2.45 bits per heavy atom. The summed E-state index contributed by atoms with van der Waals surface area (Å²) in [6, 6.07) is 7.08. The van der Waals surface area contributed by atoms with E-state index < -0.39 is 11.7 Å². The van der Waals surface area contributed by atoms with Crippen molar-refractivity contribution < 1.29 is 23.0 Å². The minimum absolute atomic E-state index is 0.0779. The molecule has 106 valence electrons. The van der Waals surface area contributed by atoms with E-state index in [2.05, 4.69) is 4.98 Å². The Bertz CT molecular complexity index is 594. The number of halogens is 3. The average molecular weight is 283 g/mol. The minimum atomic E-state index is -4.41. The van der Waals surface area contributed by atoms with E-state index in [4.69, 9.17) is 9.84 Å². The molecule has 0 unspecified atom stereocenters. The number of aryl methyl sites for hydroxylation is 1. The lowest BCUT2D eigenvalue weighted by atomic mass is 10.1.